The maximum atomic E-state index is 12.5. The largest absolute Gasteiger partial charge is 0.352 e. The number of carbonyl (C=O) groups excluding carboxylic acids is 1. The maximum Gasteiger partial charge on any atom is 0.240 e. The number of hydrogen-bond donors (Lipinski definition) is 1. The van der Waals surface area contributed by atoms with Crippen LogP contribution in [0.4, 0.5) is 0 Å². The number of amides is 1. The molecule has 1 aliphatic rings. The molecule has 136 valence electrons. The minimum Gasteiger partial charge on any atom is -0.352 e. The standard InChI is InChI=1S/C18H25N3O3S/c1-25(23,24)13-17-20-15-10-6-7-11-16(15)21(17)12-18(22)19-14-8-4-2-3-5-9-14/h6-7,10-11,14H,2-5,8-9,12-13H2,1H3,(H,19,22). The molecular formula is C18H25N3O3S. The highest BCUT2D eigenvalue weighted by Crippen LogP contribution is 2.19. The molecule has 1 N–H and O–H groups in total. The number of para-hydroxylation sites is 2. The van der Waals surface area contributed by atoms with Crippen LogP contribution in [0, 0.1) is 0 Å². The summed E-state index contributed by atoms with van der Waals surface area (Å²) in [6, 6.07) is 7.65. The first kappa shape index (κ1) is 17.9. The van der Waals surface area contributed by atoms with Gasteiger partial charge in [0.25, 0.3) is 0 Å². The molecule has 0 bridgehead atoms. The molecular weight excluding hydrogens is 338 g/mol. The van der Waals surface area contributed by atoms with Crippen molar-refractivity contribution in [1.82, 2.24) is 14.9 Å². The van der Waals surface area contributed by atoms with E-state index in [1.165, 1.54) is 19.1 Å². The first-order chi connectivity index (χ1) is 11.9. The fourth-order valence-corrected chi connectivity index (χ4v) is 4.18. The lowest BCUT2D eigenvalue weighted by atomic mass is 10.1. The minimum absolute atomic E-state index is 0.0789. The molecule has 0 saturated heterocycles. The average molecular weight is 363 g/mol. The molecule has 6 nitrogen and oxygen atoms in total. The number of nitrogens with one attached hydrogen (secondary N) is 1. The van der Waals surface area contributed by atoms with E-state index in [9.17, 15) is 13.2 Å². The molecule has 25 heavy (non-hydrogen) atoms. The predicted octanol–water partition coefficient (Wildman–Crippen LogP) is 2.42. The van der Waals surface area contributed by atoms with Gasteiger partial charge < -0.3 is 9.88 Å². The van der Waals surface area contributed by atoms with Gasteiger partial charge in [0.15, 0.2) is 9.84 Å². The Labute approximate surface area is 148 Å². The Morgan fingerprint density at radius 1 is 1.20 bits per heavy atom. The Kier molecular flexibility index (Phi) is 5.42. The van der Waals surface area contributed by atoms with Gasteiger partial charge >= 0.3 is 0 Å². The lowest BCUT2D eigenvalue weighted by Crippen LogP contribution is -2.37. The topological polar surface area (TPSA) is 81.1 Å². The van der Waals surface area contributed by atoms with Crippen LogP contribution < -0.4 is 5.32 Å². The van der Waals surface area contributed by atoms with Crippen LogP contribution in [0.3, 0.4) is 0 Å². The summed E-state index contributed by atoms with van der Waals surface area (Å²) in [6.45, 7) is 0.0991. The van der Waals surface area contributed by atoms with Gasteiger partial charge in [0.2, 0.25) is 5.91 Å². The number of nitrogens with zero attached hydrogens (tertiary/aromatic N) is 2. The number of hydrogen-bond acceptors (Lipinski definition) is 4. The number of sulfone groups is 1. The smallest absolute Gasteiger partial charge is 0.240 e. The first-order valence-electron chi connectivity index (χ1n) is 8.83. The van der Waals surface area contributed by atoms with Crippen molar-refractivity contribution < 1.29 is 13.2 Å². The molecule has 0 radical (unpaired) electrons. The quantitative estimate of drug-likeness (QED) is 0.827. The minimum atomic E-state index is -3.23. The molecule has 1 amide bonds. The Morgan fingerprint density at radius 3 is 2.56 bits per heavy atom. The molecule has 3 rings (SSSR count). The number of rotatable bonds is 5. The molecule has 0 unspecified atom stereocenters. The summed E-state index contributed by atoms with van der Waals surface area (Å²) in [6.07, 6.45) is 7.99. The van der Waals surface area contributed by atoms with E-state index in [2.05, 4.69) is 10.3 Å². The molecule has 7 heteroatoms. The van der Waals surface area contributed by atoms with Gasteiger partial charge in [-0.25, -0.2) is 13.4 Å². The number of fused-ring (bicyclic) bond motifs is 1. The summed E-state index contributed by atoms with van der Waals surface area (Å²) in [4.78, 5) is 17.0. The van der Waals surface area contributed by atoms with Gasteiger partial charge in [-0.15, -0.1) is 0 Å². The van der Waals surface area contributed by atoms with E-state index in [-0.39, 0.29) is 24.2 Å². The molecule has 1 fully saturated rings. The number of imidazole rings is 1. The zero-order valence-corrected chi connectivity index (χ0v) is 15.4. The lowest BCUT2D eigenvalue weighted by molar-refractivity contribution is -0.122. The van der Waals surface area contributed by atoms with Crippen molar-refractivity contribution >= 4 is 26.8 Å². The third-order valence-corrected chi connectivity index (χ3v) is 5.43. The van der Waals surface area contributed by atoms with E-state index >= 15 is 0 Å². The number of benzene rings is 1. The third-order valence-electron chi connectivity index (χ3n) is 4.65. The van der Waals surface area contributed by atoms with Crippen molar-refractivity contribution in [2.45, 2.75) is 56.9 Å². The highest BCUT2D eigenvalue weighted by Gasteiger charge is 2.19. The van der Waals surface area contributed by atoms with E-state index in [0.717, 1.165) is 31.2 Å². The van der Waals surface area contributed by atoms with Crippen molar-refractivity contribution in [2.75, 3.05) is 6.26 Å². The van der Waals surface area contributed by atoms with Gasteiger partial charge in [-0.1, -0.05) is 37.8 Å². The van der Waals surface area contributed by atoms with Crippen LogP contribution in [-0.4, -0.2) is 36.2 Å². The van der Waals surface area contributed by atoms with Gasteiger partial charge in [-0.2, -0.15) is 0 Å². The molecule has 0 aliphatic heterocycles. The van der Waals surface area contributed by atoms with Crippen LogP contribution in [0.25, 0.3) is 11.0 Å². The first-order valence-corrected chi connectivity index (χ1v) is 10.9. The van der Waals surface area contributed by atoms with E-state index in [1.807, 2.05) is 24.3 Å². The van der Waals surface area contributed by atoms with Crippen LogP contribution in [0.15, 0.2) is 24.3 Å². The predicted molar refractivity (Wildman–Crippen MR) is 97.9 cm³/mol. The third kappa shape index (κ3) is 4.81. The zero-order chi connectivity index (χ0) is 17.9. The normalized spacial score (nSPS) is 16.7. The Morgan fingerprint density at radius 2 is 1.88 bits per heavy atom. The van der Waals surface area contributed by atoms with E-state index in [4.69, 9.17) is 0 Å². The summed E-state index contributed by atoms with van der Waals surface area (Å²) in [7, 11) is -3.23. The second-order valence-corrected chi connectivity index (χ2v) is 9.07. The lowest BCUT2D eigenvalue weighted by Gasteiger charge is -2.17. The molecule has 1 aromatic carbocycles. The van der Waals surface area contributed by atoms with Crippen LogP contribution in [0.2, 0.25) is 0 Å². The summed E-state index contributed by atoms with van der Waals surface area (Å²) in [5.74, 6) is 0.169. The average Bonchev–Trinajstić information content (AvgIpc) is 2.71. The second-order valence-electron chi connectivity index (χ2n) is 6.93. The van der Waals surface area contributed by atoms with E-state index in [1.54, 1.807) is 4.57 Å². The summed E-state index contributed by atoms with van der Waals surface area (Å²) in [5, 5.41) is 3.11. The molecule has 0 spiro atoms. The fourth-order valence-electron chi connectivity index (χ4n) is 3.49. The molecule has 1 heterocycles. The van der Waals surface area contributed by atoms with Crippen LogP contribution in [-0.2, 0) is 26.9 Å². The monoisotopic (exact) mass is 363 g/mol. The van der Waals surface area contributed by atoms with Crippen LogP contribution >= 0.6 is 0 Å². The van der Waals surface area contributed by atoms with Crippen LogP contribution in [0.1, 0.15) is 44.3 Å². The maximum absolute atomic E-state index is 12.5. The van der Waals surface area contributed by atoms with Gasteiger partial charge in [-0.05, 0) is 25.0 Å². The van der Waals surface area contributed by atoms with Crippen molar-refractivity contribution in [2.24, 2.45) is 0 Å². The highest BCUT2D eigenvalue weighted by atomic mass is 32.2. The van der Waals surface area contributed by atoms with Gasteiger partial charge in [-0.3, -0.25) is 4.79 Å². The summed E-state index contributed by atoms with van der Waals surface area (Å²) >= 11 is 0. The van der Waals surface area contributed by atoms with Gasteiger partial charge in [0.05, 0.1) is 11.0 Å². The molecule has 1 aliphatic carbocycles. The van der Waals surface area contributed by atoms with E-state index < -0.39 is 9.84 Å². The second kappa shape index (κ2) is 7.56. The molecule has 2 aromatic rings. The fraction of sp³-hybridized carbons (Fsp3) is 0.556. The highest BCUT2D eigenvalue weighted by molar-refractivity contribution is 7.89. The van der Waals surface area contributed by atoms with Crippen molar-refractivity contribution in [3.05, 3.63) is 30.1 Å². The van der Waals surface area contributed by atoms with Crippen molar-refractivity contribution in [3.8, 4) is 0 Å². The summed E-state index contributed by atoms with van der Waals surface area (Å²) in [5.41, 5.74) is 1.50. The van der Waals surface area contributed by atoms with Crippen LogP contribution in [0.5, 0.6) is 0 Å². The van der Waals surface area contributed by atoms with Gasteiger partial charge in [0, 0.05) is 12.3 Å². The molecule has 1 aromatic heterocycles. The van der Waals surface area contributed by atoms with Crippen molar-refractivity contribution in [3.63, 3.8) is 0 Å². The zero-order valence-electron chi connectivity index (χ0n) is 14.6. The Balaban J connectivity index is 1.81. The SMILES string of the molecule is CS(=O)(=O)Cc1nc2ccccc2n1CC(=O)NC1CCCCCC1. The summed E-state index contributed by atoms with van der Waals surface area (Å²) < 4.78 is 25.2. The molecule has 0 atom stereocenters. The van der Waals surface area contributed by atoms with Crippen molar-refractivity contribution in [1.29, 1.82) is 0 Å². The molecule has 1 saturated carbocycles. The Bertz CT molecular complexity index is 850. The number of carbonyl (C=O) groups is 1. The van der Waals surface area contributed by atoms with Gasteiger partial charge in [0.1, 0.15) is 18.1 Å². The number of aromatic nitrogens is 2. The van der Waals surface area contributed by atoms with E-state index in [0.29, 0.717) is 11.3 Å². The Hall–Kier alpha value is -1.89.